The van der Waals surface area contributed by atoms with E-state index in [0.29, 0.717) is 5.56 Å². The fraction of sp³-hybridized carbons (Fsp3) is 0.133. The Balaban J connectivity index is 2.66. The summed E-state index contributed by atoms with van der Waals surface area (Å²) in [5.74, 6) is 0. The zero-order valence-corrected chi connectivity index (χ0v) is 10.7. The van der Waals surface area contributed by atoms with Crippen molar-refractivity contribution < 1.29 is 4.92 Å². The molecule has 4 heteroatoms. The lowest BCUT2D eigenvalue weighted by molar-refractivity contribution is -0.384. The fourth-order valence-corrected chi connectivity index (χ4v) is 2.00. The van der Waals surface area contributed by atoms with Gasteiger partial charge < -0.3 is 0 Å². The van der Waals surface area contributed by atoms with Crippen LogP contribution in [0.15, 0.2) is 36.4 Å². The van der Waals surface area contributed by atoms with Crippen molar-refractivity contribution in [3.63, 3.8) is 0 Å². The van der Waals surface area contributed by atoms with Gasteiger partial charge in [0.2, 0.25) is 0 Å². The molecule has 0 aliphatic rings. The van der Waals surface area contributed by atoms with Crippen LogP contribution in [0.5, 0.6) is 0 Å². The van der Waals surface area contributed by atoms with E-state index >= 15 is 0 Å². The van der Waals surface area contributed by atoms with Gasteiger partial charge in [-0.2, -0.15) is 5.26 Å². The van der Waals surface area contributed by atoms with Gasteiger partial charge in [-0.3, -0.25) is 10.1 Å². The van der Waals surface area contributed by atoms with Crippen LogP contribution in [0, 0.1) is 35.3 Å². The lowest BCUT2D eigenvalue weighted by Gasteiger charge is -2.09. The van der Waals surface area contributed by atoms with Crippen LogP contribution >= 0.6 is 0 Å². The summed E-state index contributed by atoms with van der Waals surface area (Å²) in [6.07, 6.45) is 0. The van der Waals surface area contributed by atoms with Crippen LogP contribution in [0.3, 0.4) is 0 Å². The van der Waals surface area contributed by atoms with Crippen LogP contribution < -0.4 is 0 Å². The molecule has 0 unspecified atom stereocenters. The lowest BCUT2D eigenvalue weighted by Crippen LogP contribution is -1.93. The summed E-state index contributed by atoms with van der Waals surface area (Å²) < 4.78 is 0. The van der Waals surface area contributed by atoms with Crippen molar-refractivity contribution in [2.75, 3.05) is 0 Å². The highest BCUT2D eigenvalue weighted by molar-refractivity contribution is 5.75. The first kappa shape index (κ1) is 12.8. The molecule has 0 saturated heterocycles. The largest absolute Gasteiger partial charge is 0.270 e. The summed E-state index contributed by atoms with van der Waals surface area (Å²) in [5, 5.41) is 19.9. The molecule has 0 spiro atoms. The molecule has 94 valence electrons. The van der Waals surface area contributed by atoms with Gasteiger partial charge in [0.05, 0.1) is 10.5 Å². The topological polar surface area (TPSA) is 66.9 Å². The number of hydrogen-bond acceptors (Lipinski definition) is 3. The second-order valence-corrected chi connectivity index (χ2v) is 4.42. The molecular formula is C15H12N2O2. The van der Waals surface area contributed by atoms with Crippen LogP contribution in [0.1, 0.15) is 16.7 Å². The van der Waals surface area contributed by atoms with Gasteiger partial charge in [-0.25, -0.2) is 0 Å². The molecule has 0 amide bonds. The summed E-state index contributed by atoms with van der Waals surface area (Å²) in [5.41, 5.74) is 4.05. The fourth-order valence-electron chi connectivity index (χ4n) is 2.00. The number of nitriles is 1. The van der Waals surface area contributed by atoms with Crippen molar-refractivity contribution in [1.29, 1.82) is 5.26 Å². The van der Waals surface area contributed by atoms with E-state index in [2.05, 4.69) is 0 Å². The lowest BCUT2D eigenvalue weighted by atomic mass is 9.94. The zero-order chi connectivity index (χ0) is 14.0. The summed E-state index contributed by atoms with van der Waals surface area (Å²) in [6, 6.07) is 12.4. The minimum atomic E-state index is -0.492. The standard InChI is InChI=1S/C15H12N2O2/c1-10-3-4-11(2)15(7-10)14-6-5-13(17(18)19)8-12(14)9-16/h3-8H,1-2H3. The van der Waals surface area contributed by atoms with Crippen molar-refractivity contribution in [3.05, 3.63) is 63.2 Å². The smallest absolute Gasteiger partial charge is 0.258 e. The van der Waals surface area contributed by atoms with Crippen LogP contribution in [0.2, 0.25) is 0 Å². The van der Waals surface area contributed by atoms with Crippen LogP contribution in [0.4, 0.5) is 5.69 Å². The van der Waals surface area contributed by atoms with E-state index in [1.807, 2.05) is 38.1 Å². The molecule has 0 aliphatic heterocycles. The molecule has 0 heterocycles. The van der Waals surface area contributed by atoms with E-state index in [9.17, 15) is 15.4 Å². The number of aryl methyl sites for hydroxylation is 2. The molecule has 2 aromatic carbocycles. The zero-order valence-electron chi connectivity index (χ0n) is 10.7. The highest BCUT2D eigenvalue weighted by Gasteiger charge is 2.13. The molecule has 0 atom stereocenters. The Morgan fingerprint density at radius 1 is 1.11 bits per heavy atom. The third-order valence-electron chi connectivity index (χ3n) is 3.02. The SMILES string of the molecule is Cc1ccc(C)c(-c2ccc([N+](=O)[O-])cc2C#N)c1. The maximum Gasteiger partial charge on any atom is 0.270 e. The van der Waals surface area contributed by atoms with Gasteiger partial charge >= 0.3 is 0 Å². The molecule has 19 heavy (non-hydrogen) atoms. The maximum atomic E-state index is 10.7. The minimum Gasteiger partial charge on any atom is -0.258 e. The van der Waals surface area contributed by atoms with E-state index in [1.165, 1.54) is 12.1 Å². The second kappa shape index (κ2) is 4.91. The molecule has 0 bridgehead atoms. The first-order valence-electron chi connectivity index (χ1n) is 5.79. The predicted molar refractivity (Wildman–Crippen MR) is 72.7 cm³/mol. The minimum absolute atomic E-state index is 0.0643. The van der Waals surface area contributed by atoms with Gasteiger partial charge in [-0.15, -0.1) is 0 Å². The molecule has 2 aromatic rings. The molecule has 0 aliphatic carbocycles. The Hall–Kier alpha value is -2.67. The molecule has 0 saturated carbocycles. The van der Waals surface area contributed by atoms with Gasteiger partial charge in [-0.1, -0.05) is 23.8 Å². The number of nitro groups is 1. The Kier molecular flexibility index (Phi) is 3.30. The van der Waals surface area contributed by atoms with Crippen LogP contribution in [-0.4, -0.2) is 4.92 Å². The van der Waals surface area contributed by atoms with Gasteiger partial charge in [-0.05, 0) is 31.0 Å². The van der Waals surface area contributed by atoms with Crippen molar-refractivity contribution >= 4 is 5.69 Å². The van der Waals surface area contributed by atoms with Gasteiger partial charge in [0.15, 0.2) is 0 Å². The Morgan fingerprint density at radius 2 is 1.84 bits per heavy atom. The highest BCUT2D eigenvalue weighted by Crippen LogP contribution is 2.30. The van der Waals surface area contributed by atoms with Gasteiger partial charge in [0, 0.05) is 17.7 Å². The van der Waals surface area contributed by atoms with Gasteiger partial charge in [0.25, 0.3) is 5.69 Å². The number of nitro benzene ring substituents is 1. The molecule has 0 aromatic heterocycles. The Bertz CT molecular complexity index is 700. The summed E-state index contributed by atoms with van der Waals surface area (Å²) in [4.78, 5) is 10.2. The molecule has 2 rings (SSSR count). The normalized spacial score (nSPS) is 9.95. The van der Waals surface area contributed by atoms with Crippen molar-refractivity contribution in [1.82, 2.24) is 0 Å². The maximum absolute atomic E-state index is 10.7. The molecule has 0 fully saturated rings. The molecule has 0 N–H and O–H groups in total. The molecule has 4 nitrogen and oxygen atoms in total. The Labute approximate surface area is 111 Å². The van der Waals surface area contributed by atoms with E-state index in [1.54, 1.807) is 6.07 Å². The van der Waals surface area contributed by atoms with E-state index in [4.69, 9.17) is 0 Å². The number of non-ortho nitro benzene ring substituents is 1. The van der Waals surface area contributed by atoms with E-state index < -0.39 is 4.92 Å². The first-order valence-corrected chi connectivity index (χ1v) is 5.79. The summed E-state index contributed by atoms with van der Waals surface area (Å²) >= 11 is 0. The number of benzene rings is 2. The summed E-state index contributed by atoms with van der Waals surface area (Å²) in [7, 11) is 0. The van der Waals surface area contributed by atoms with Crippen LogP contribution in [-0.2, 0) is 0 Å². The number of hydrogen-bond donors (Lipinski definition) is 0. The summed E-state index contributed by atoms with van der Waals surface area (Å²) in [6.45, 7) is 3.93. The monoisotopic (exact) mass is 252 g/mol. The highest BCUT2D eigenvalue weighted by atomic mass is 16.6. The quantitative estimate of drug-likeness (QED) is 0.603. The van der Waals surface area contributed by atoms with Crippen molar-refractivity contribution in [2.45, 2.75) is 13.8 Å². The third-order valence-corrected chi connectivity index (χ3v) is 3.02. The second-order valence-electron chi connectivity index (χ2n) is 4.42. The predicted octanol–water partition coefficient (Wildman–Crippen LogP) is 3.75. The molecule has 0 radical (unpaired) electrons. The third kappa shape index (κ3) is 2.45. The number of rotatable bonds is 2. The average molecular weight is 252 g/mol. The Morgan fingerprint density at radius 3 is 2.47 bits per heavy atom. The first-order chi connectivity index (χ1) is 9.02. The average Bonchev–Trinajstić information content (AvgIpc) is 2.40. The van der Waals surface area contributed by atoms with E-state index in [-0.39, 0.29) is 5.69 Å². The van der Waals surface area contributed by atoms with Crippen LogP contribution in [0.25, 0.3) is 11.1 Å². The number of nitrogens with zero attached hydrogens (tertiary/aromatic N) is 2. The van der Waals surface area contributed by atoms with Crippen molar-refractivity contribution in [2.24, 2.45) is 0 Å². The van der Waals surface area contributed by atoms with Crippen molar-refractivity contribution in [3.8, 4) is 17.2 Å². The molecular weight excluding hydrogens is 240 g/mol. The van der Waals surface area contributed by atoms with Gasteiger partial charge in [0.1, 0.15) is 6.07 Å². The van der Waals surface area contributed by atoms with E-state index in [0.717, 1.165) is 22.3 Å².